The number of para-hydroxylation sites is 2. The largest absolute Gasteiger partial charge is 0.497 e. The van der Waals surface area contributed by atoms with E-state index in [1.54, 1.807) is 26.4 Å². The molecule has 7 heteroatoms. The van der Waals surface area contributed by atoms with Gasteiger partial charge in [0, 0.05) is 25.1 Å². The molecule has 0 atom stereocenters. The molecule has 204 valence electrons. The molecule has 1 N–H and O–H groups in total. The second-order valence-electron chi connectivity index (χ2n) is 9.23. The van der Waals surface area contributed by atoms with Gasteiger partial charge in [-0.1, -0.05) is 36.4 Å². The molecule has 1 amide bonds. The average Bonchev–Trinajstić information content (AvgIpc) is 3.32. The Kier molecular flexibility index (Phi) is 10.0. The van der Waals surface area contributed by atoms with Crippen LogP contribution >= 0.6 is 0 Å². The topological polar surface area (TPSA) is 74.6 Å². The fourth-order valence-corrected chi connectivity index (χ4v) is 4.53. The minimum atomic E-state index is -0.101. The number of ether oxygens (including phenoxy) is 3. The van der Waals surface area contributed by atoms with Gasteiger partial charge in [0.15, 0.2) is 11.5 Å². The van der Waals surface area contributed by atoms with Gasteiger partial charge in [0.2, 0.25) is 0 Å². The van der Waals surface area contributed by atoms with Crippen LogP contribution in [0.3, 0.4) is 0 Å². The van der Waals surface area contributed by atoms with Crippen LogP contribution in [0.15, 0.2) is 72.8 Å². The molecule has 0 saturated carbocycles. The van der Waals surface area contributed by atoms with Crippen molar-refractivity contribution in [3.63, 3.8) is 0 Å². The van der Waals surface area contributed by atoms with Gasteiger partial charge in [-0.3, -0.25) is 4.79 Å². The molecular formula is C32H37N3O4. The standard InChI is InChI=1S/C32H37N3O4/c1-4-11-24-17-18-29(30(22-24)38-3)39-21-8-7-20-35-28-15-6-5-14-27(28)34-31(35)16-10-19-33-32(36)25-12-9-13-26(23-25)37-2/h4-6,9,11-15,17-18,22-23H,7-8,10,16,19-21H2,1-3H3,(H,33,36)/b11-4+. The fourth-order valence-electron chi connectivity index (χ4n) is 4.53. The Morgan fingerprint density at radius 2 is 1.82 bits per heavy atom. The summed E-state index contributed by atoms with van der Waals surface area (Å²) in [5.41, 5.74) is 3.81. The summed E-state index contributed by atoms with van der Waals surface area (Å²) in [6, 6.07) is 21.4. The lowest BCUT2D eigenvalue weighted by Gasteiger charge is -2.12. The van der Waals surface area contributed by atoms with E-state index in [9.17, 15) is 4.79 Å². The lowest BCUT2D eigenvalue weighted by Crippen LogP contribution is -2.25. The molecule has 0 bridgehead atoms. The van der Waals surface area contributed by atoms with E-state index < -0.39 is 0 Å². The molecule has 4 aromatic rings. The van der Waals surface area contributed by atoms with E-state index in [-0.39, 0.29) is 5.91 Å². The summed E-state index contributed by atoms with van der Waals surface area (Å²) in [5, 5.41) is 3.01. The van der Waals surface area contributed by atoms with Gasteiger partial charge in [-0.05, 0) is 74.2 Å². The van der Waals surface area contributed by atoms with Crippen LogP contribution < -0.4 is 19.5 Å². The van der Waals surface area contributed by atoms with Gasteiger partial charge in [0.05, 0.1) is 31.9 Å². The van der Waals surface area contributed by atoms with Crippen LogP contribution in [-0.4, -0.2) is 42.8 Å². The first kappa shape index (κ1) is 27.8. The van der Waals surface area contributed by atoms with Crippen molar-refractivity contribution in [3.05, 3.63) is 89.8 Å². The maximum absolute atomic E-state index is 12.5. The molecule has 0 radical (unpaired) electrons. The number of carbonyl (C=O) groups is 1. The van der Waals surface area contributed by atoms with Gasteiger partial charge < -0.3 is 24.1 Å². The molecule has 1 heterocycles. The first-order valence-electron chi connectivity index (χ1n) is 13.4. The number of aromatic nitrogens is 2. The first-order chi connectivity index (χ1) is 19.1. The number of fused-ring (bicyclic) bond motifs is 1. The second-order valence-corrected chi connectivity index (χ2v) is 9.23. The molecule has 3 aromatic carbocycles. The van der Waals surface area contributed by atoms with Gasteiger partial charge in [-0.2, -0.15) is 0 Å². The maximum Gasteiger partial charge on any atom is 0.251 e. The van der Waals surface area contributed by atoms with Crippen LogP contribution in [0.4, 0.5) is 0 Å². The number of benzene rings is 3. The van der Waals surface area contributed by atoms with Crippen molar-refractivity contribution in [2.75, 3.05) is 27.4 Å². The number of carbonyl (C=O) groups excluding carboxylic acids is 1. The molecule has 0 aliphatic rings. The number of hydrogen-bond acceptors (Lipinski definition) is 5. The predicted octanol–water partition coefficient (Wildman–Crippen LogP) is 6.31. The molecule has 0 spiro atoms. The van der Waals surface area contributed by atoms with Crippen molar-refractivity contribution in [1.29, 1.82) is 0 Å². The Hall–Kier alpha value is -4.26. The van der Waals surface area contributed by atoms with Gasteiger partial charge >= 0.3 is 0 Å². The van der Waals surface area contributed by atoms with E-state index in [2.05, 4.69) is 16.0 Å². The number of allylic oxidation sites excluding steroid dienone is 1. The van der Waals surface area contributed by atoms with Crippen molar-refractivity contribution in [1.82, 2.24) is 14.9 Å². The molecule has 4 rings (SSSR count). The number of imidazole rings is 1. The highest BCUT2D eigenvalue weighted by Crippen LogP contribution is 2.29. The molecule has 0 fully saturated rings. The summed E-state index contributed by atoms with van der Waals surface area (Å²) >= 11 is 0. The maximum atomic E-state index is 12.5. The number of unbranched alkanes of at least 4 members (excludes halogenated alkanes) is 1. The zero-order valence-corrected chi connectivity index (χ0v) is 23.0. The minimum Gasteiger partial charge on any atom is -0.497 e. The van der Waals surface area contributed by atoms with Crippen LogP contribution in [-0.2, 0) is 13.0 Å². The normalized spacial score (nSPS) is 11.2. The number of aryl methyl sites for hydroxylation is 2. The van der Waals surface area contributed by atoms with Crippen molar-refractivity contribution < 1.29 is 19.0 Å². The van der Waals surface area contributed by atoms with Crippen molar-refractivity contribution in [2.24, 2.45) is 0 Å². The molecule has 0 aliphatic heterocycles. The number of rotatable bonds is 14. The van der Waals surface area contributed by atoms with E-state index in [0.29, 0.717) is 24.5 Å². The summed E-state index contributed by atoms with van der Waals surface area (Å²) in [7, 11) is 3.26. The first-order valence-corrected chi connectivity index (χ1v) is 13.4. The smallest absolute Gasteiger partial charge is 0.251 e. The second kappa shape index (κ2) is 14.0. The van der Waals surface area contributed by atoms with Gasteiger partial charge in [0.25, 0.3) is 5.91 Å². The van der Waals surface area contributed by atoms with E-state index in [1.807, 2.05) is 67.6 Å². The number of methoxy groups -OCH3 is 2. The Balaban J connectivity index is 1.29. The minimum absolute atomic E-state index is 0.101. The lowest BCUT2D eigenvalue weighted by atomic mass is 10.2. The van der Waals surface area contributed by atoms with Crippen LogP contribution in [0.25, 0.3) is 17.1 Å². The Morgan fingerprint density at radius 1 is 0.949 bits per heavy atom. The summed E-state index contributed by atoms with van der Waals surface area (Å²) in [6.45, 7) is 4.03. The number of amides is 1. The third kappa shape index (κ3) is 7.41. The van der Waals surface area contributed by atoms with E-state index in [0.717, 1.165) is 66.1 Å². The van der Waals surface area contributed by atoms with Crippen LogP contribution in [0.5, 0.6) is 17.2 Å². The van der Waals surface area contributed by atoms with E-state index in [1.165, 1.54) is 0 Å². The molecule has 39 heavy (non-hydrogen) atoms. The van der Waals surface area contributed by atoms with Crippen LogP contribution in [0.1, 0.15) is 47.9 Å². The molecule has 0 aliphatic carbocycles. The van der Waals surface area contributed by atoms with E-state index >= 15 is 0 Å². The zero-order chi connectivity index (χ0) is 27.5. The Labute approximate surface area is 230 Å². The van der Waals surface area contributed by atoms with Gasteiger partial charge in [-0.25, -0.2) is 4.98 Å². The highest BCUT2D eigenvalue weighted by atomic mass is 16.5. The molecule has 1 aromatic heterocycles. The molecule has 0 unspecified atom stereocenters. The summed E-state index contributed by atoms with van der Waals surface area (Å²) in [6.07, 6.45) is 7.47. The monoisotopic (exact) mass is 527 g/mol. The number of nitrogens with one attached hydrogen (secondary N) is 1. The van der Waals surface area contributed by atoms with Gasteiger partial charge in [0.1, 0.15) is 11.6 Å². The van der Waals surface area contributed by atoms with Gasteiger partial charge in [-0.15, -0.1) is 0 Å². The highest BCUT2D eigenvalue weighted by molar-refractivity contribution is 5.94. The van der Waals surface area contributed by atoms with Crippen LogP contribution in [0.2, 0.25) is 0 Å². The third-order valence-corrected chi connectivity index (χ3v) is 6.51. The molecule has 0 saturated heterocycles. The number of hydrogen-bond donors (Lipinski definition) is 1. The SMILES string of the molecule is C/C=C/c1ccc(OCCCCn2c(CCCNC(=O)c3cccc(OC)c3)nc3ccccc32)c(OC)c1. The quantitative estimate of drug-likeness (QED) is 0.195. The predicted molar refractivity (Wildman–Crippen MR) is 156 cm³/mol. The average molecular weight is 528 g/mol. The van der Waals surface area contributed by atoms with E-state index in [4.69, 9.17) is 19.2 Å². The summed E-state index contributed by atoms with van der Waals surface area (Å²) in [5.74, 6) is 3.11. The third-order valence-electron chi connectivity index (χ3n) is 6.51. The molecular weight excluding hydrogens is 490 g/mol. The Bertz CT molecular complexity index is 1410. The van der Waals surface area contributed by atoms with Crippen molar-refractivity contribution in [3.8, 4) is 17.2 Å². The highest BCUT2D eigenvalue weighted by Gasteiger charge is 2.12. The summed E-state index contributed by atoms with van der Waals surface area (Å²) < 4.78 is 19.0. The fraction of sp³-hybridized carbons (Fsp3) is 0.312. The summed E-state index contributed by atoms with van der Waals surface area (Å²) in [4.78, 5) is 17.4. The van der Waals surface area contributed by atoms with Crippen molar-refractivity contribution in [2.45, 2.75) is 39.2 Å². The lowest BCUT2D eigenvalue weighted by molar-refractivity contribution is 0.0952. The molecule has 7 nitrogen and oxygen atoms in total. The zero-order valence-electron chi connectivity index (χ0n) is 23.0. The number of nitrogens with zero attached hydrogens (tertiary/aromatic N) is 2. The van der Waals surface area contributed by atoms with Crippen LogP contribution in [0, 0.1) is 0 Å². The Morgan fingerprint density at radius 3 is 2.64 bits per heavy atom. The van der Waals surface area contributed by atoms with Crippen molar-refractivity contribution >= 4 is 23.0 Å².